The summed E-state index contributed by atoms with van der Waals surface area (Å²) >= 11 is 0. The molecule has 0 aliphatic rings. The SMILES string of the molecule is CC(O)CN(CCNCc1ccc(S(=O)(=O)NC(CC(=O)O)C(=O)O)cc1)CNC[C@H](C)O. The summed E-state index contributed by atoms with van der Waals surface area (Å²) in [5.74, 6) is -3.01. The zero-order valence-corrected chi connectivity index (χ0v) is 19.6. The van der Waals surface area contributed by atoms with Crippen molar-refractivity contribution in [2.24, 2.45) is 0 Å². The van der Waals surface area contributed by atoms with Gasteiger partial charge < -0.3 is 31.1 Å². The number of carbonyl (C=O) groups is 2. The van der Waals surface area contributed by atoms with Gasteiger partial charge in [0.25, 0.3) is 0 Å². The number of hydrogen-bond acceptors (Lipinski definition) is 9. The second kappa shape index (κ2) is 14.2. The first-order valence-electron chi connectivity index (χ1n) is 10.5. The quantitative estimate of drug-likeness (QED) is 0.100. The summed E-state index contributed by atoms with van der Waals surface area (Å²) in [6.45, 7) is 6.48. The highest BCUT2D eigenvalue weighted by Crippen LogP contribution is 2.12. The van der Waals surface area contributed by atoms with E-state index in [1.54, 1.807) is 26.0 Å². The standard InChI is InChI=1S/C20H34N4O8S/c1-14(25)10-22-13-24(12-15(2)26)8-7-21-11-16-3-5-17(6-4-16)33(31,32)23-18(20(29)30)9-19(27)28/h3-6,14-15,18,21-23,25-26H,7-13H2,1-2H3,(H,27,28)(H,29,30)/t14-,15?,18?/m0/s1. The molecule has 1 aromatic rings. The van der Waals surface area contributed by atoms with E-state index in [4.69, 9.17) is 10.2 Å². The van der Waals surface area contributed by atoms with E-state index in [-0.39, 0.29) is 4.90 Å². The monoisotopic (exact) mass is 490 g/mol. The second-order valence-electron chi connectivity index (χ2n) is 7.82. The maximum Gasteiger partial charge on any atom is 0.322 e. The van der Waals surface area contributed by atoms with Gasteiger partial charge in [0.2, 0.25) is 10.0 Å². The minimum atomic E-state index is -4.20. The van der Waals surface area contributed by atoms with Crippen LogP contribution < -0.4 is 15.4 Å². The third-order valence-corrected chi connectivity index (χ3v) is 5.93. The highest BCUT2D eigenvalue weighted by Gasteiger charge is 2.27. The van der Waals surface area contributed by atoms with Gasteiger partial charge >= 0.3 is 11.9 Å². The lowest BCUT2D eigenvalue weighted by molar-refractivity contribution is -0.145. The Hall–Kier alpha value is -2.13. The molecule has 0 aliphatic heterocycles. The molecule has 1 rings (SSSR count). The Balaban J connectivity index is 2.58. The maximum absolute atomic E-state index is 12.4. The fourth-order valence-corrected chi connectivity index (χ4v) is 4.09. The van der Waals surface area contributed by atoms with E-state index in [2.05, 4.69) is 10.6 Å². The Kier molecular flexibility index (Phi) is 12.4. The summed E-state index contributed by atoms with van der Waals surface area (Å²) in [4.78, 5) is 23.7. The van der Waals surface area contributed by atoms with E-state index in [0.717, 1.165) is 5.56 Å². The van der Waals surface area contributed by atoms with E-state index >= 15 is 0 Å². The van der Waals surface area contributed by atoms with Crippen molar-refractivity contribution in [2.45, 2.75) is 50.0 Å². The molecule has 0 bridgehead atoms. The number of aliphatic carboxylic acids is 2. The van der Waals surface area contributed by atoms with Crippen molar-refractivity contribution < 1.29 is 38.4 Å². The number of aliphatic hydroxyl groups excluding tert-OH is 2. The van der Waals surface area contributed by atoms with Crippen LogP contribution in [0.3, 0.4) is 0 Å². The van der Waals surface area contributed by atoms with Gasteiger partial charge in [-0.2, -0.15) is 4.72 Å². The van der Waals surface area contributed by atoms with Crippen LogP contribution in [0.2, 0.25) is 0 Å². The molecule has 12 nitrogen and oxygen atoms in total. The Bertz CT molecular complexity index is 846. The maximum atomic E-state index is 12.4. The first-order chi connectivity index (χ1) is 15.4. The lowest BCUT2D eigenvalue weighted by Gasteiger charge is -2.24. The van der Waals surface area contributed by atoms with Crippen LogP contribution in [0, 0.1) is 0 Å². The smallest absolute Gasteiger partial charge is 0.322 e. The molecule has 0 saturated heterocycles. The fourth-order valence-electron chi connectivity index (χ4n) is 2.91. The Morgan fingerprint density at radius 1 is 1.03 bits per heavy atom. The van der Waals surface area contributed by atoms with Gasteiger partial charge in [0.15, 0.2) is 0 Å². The molecule has 188 valence electrons. The topological polar surface area (TPSA) is 189 Å². The first-order valence-corrected chi connectivity index (χ1v) is 11.9. The molecule has 0 heterocycles. The molecule has 7 N–H and O–H groups in total. The van der Waals surface area contributed by atoms with Crippen LogP contribution in [0.5, 0.6) is 0 Å². The number of nitrogens with zero attached hydrogens (tertiary/aromatic N) is 1. The zero-order valence-electron chi connectivity index (χ0n) is 18.8. The van der Waals surface area contributed by atoms with Gasteiger partial charge in [0.1, 0.15) is 6.04 Å². The van der Waals surface area contributed by atoms with Crippen molar-refractivity contribution in [3.8, 4) is 0 Å². The van der Waals surface area contributed by atoms with Crippen molar-refractivity contribution in [1.82, 2.24) is 20.3 Å². The minimum absolute atomic E-state index is 0.171. The fraction of sp³-hybridized carbons (Fsp3) is 0.600. The summed E-state index contributed by atoms with van der Waals surface area (Å²) in [6, 6.07) is 4.02. The predicted octanol–water partition coefficient (Wildman–Crippen LogP) is -1.41. The molecule has 0 amide bonds. The molecule has 1 aromatic carbocycles. The van der Waals surface area contributed by atoms with E-state index in [0.29, 0.717) is 39.4 Å². The van der Waals surface area contributed by atoms with Gasteiger partial charge in [-0.3, -0.25) is 14.5 Å². The largest absolute Gasteiger partial charge is 0.481 e. The van der Waals surface area contributed by atoms with Crippen molar-refractivity contribution >= 4 is 22.0 Å². The van der Waals surface area contributed by atoms with Crippen LogP contribution in [-0.2, 0) is 26.2 Å². The van der Waals surface area contributed by atoms with Gasteiger partial charge in [0, 0.05) is 39.4 Å². The van der Waals surface area contributed by atoms with E-state index in [1.807, 2.05) is 9.62 Å². The molecule has 0 radical (unpaired) electrons. The lowest BCUT2D eigenvalue weighted by atomic mass is 10.2. The Labute approximate surface area is 193 Å². The number of aliphatic hydroxyl groups is 2. The number of carboxylic acid groups (broad SMARTS) is 2. The highest BCUT2D eigenvalue weighted by atomic mass is 32.2. The summed E-state index contributed by atoms with van der Waals surface area (Å²) < 4.78 is 26.6. The Morgan fingerprint density at radius 2 is 1.67 bits per heavy atom. The average Bonchev–Trinajstić information content (AvgIpc) is 2.69. The van der Waals surface area contributed by atoms with Crippen LogP contribution in [-0.4, -0.2) is 96.8 Å². The number of carboxylic acids is 2. The number of nitrogens with one attached hydrogen (secondary N) is 3. The van der Waals surface area contributed by atoms with Gasteiger partial charge in [-0.25, -0.2) is 8.42 Å². The molecular formula is C20H34N4O8S. The Morgan fingerprint density at radius 3 is 2.18 bits per heavy atom. The van der Waals surface area contributed by atoms with Crippen LogP contribution in [0.15, 0.2) is 29.2 Å². The van der Waals surface area contributed by atoms with Crippen LogP contribution in [0.25, 0.3) is 0 Å². The highest BCUT2D eigenvalue weighted by molar-refractivity contribution is 7.89. The second-order valence-corrected chi connectivity index (χ2v) is 9.53. The van der Waals surface area contributed by atoms with Crippen molar-refractivity contribution in [3.63, 3.8) is 0 Å². The van der Waals surface area contributed by atoms with Gasteiger partial charge in [-0.05, 0) is 31.5 Å². The average molecular weight is 491 g/mol. The third-order valence-electron chi connectivity index (χ3n) is 4.44. The zero-order chi connectivity index (χ0) is 25.0. The molecule has 0 fully saturated rings. The summed E-state index contributed by atoms with van der Waals surface area (Å²) in [5, 5.41) is 43.1. The molecular weight excluding hydrogens is 456 g/mol. The minimum Gasteiger partial charge on any atom is -0.481 e. The molecule has 3 atom stereocenters. The first kappa shape index (κ1) is 28.9. The van der Waals surface area contributed by atoms with Gasteiger partial charge in [-0.1, -0.05) is 12.1 Å². The van der Waals surface area contributed by atoms with Crippen LogP contribution in [0.1, 0.15) is 25.8 Å². The summed E-state index contributed by atoms with van der Waals surface area (Å²) in [5.41, 5.74) is 0.795. The lowest BCUT2D eigenvalue weighted by Crippen LogP contribution is -2.43. The number of benzene rings is 1. The summed E-state index contributed by atoms with van der Waals surface area (Å²) in [6.07, 6.45) is -1.85. The molecule has 13 heteroatoms. The number of hydrogen-bond donors (Lipinski definition) is 7. The molecule has 0 aromatic heterocycles. The van der Waals surface area contributed by atoms with Crippen molar-refractivity contribution in [1.29, 1.82) is 0 Å². The summed E-state index contributed by atoms with van der Waals surface area (Å²) in [7, 11) is -4.20. The third kappa shape index (κ3) is 12.1. The van der Waals surface area contributed by atoms with Crippen molar-refractivity contribution in [3.05, 3.63) is 29.8 Å². The number of sulfonamides is 1. The molecule has 2 unspecified atom stereocenters. The molecule has 0 aliphatic carbocycles. The van der Waals surface area contributed by atoms with E-state index in [1.165, 1.54) is 12.1 Å². The predicted molar refractivity (Wildman–Crippen MR) is 120 cm³/mol. The van der Waals surface area contributed by atoms with E-state index in [9.17, 15) is 28.2 Å². The molecule has 33 heavy (non-hydrogen) atoms. The van der Waals surface area contributed by atoms with Crippen molar-refractivity contribution in [2.75, 3.05) is 32.8 Å². The van der Waals surface area contributed by atoms with Gasteiger partial charge in [0.05, 0.1) is 23.5 Å². The van der Waals surface area contributed by atoms with Crippen LogP contribution >= 0.6 is 0 Å². The molecule has 0 saturated carbocycles. The van der Waals surface area contributed by atoms with Gasteiger partial charge in [-0.15, -0.1) is 0 Å². The normalized spacial score (nSPS) is 14.7. The van der Waals surface area contributed by atoms with E-state index < -0.39 is 46.6 Å². The molecule has 0 spiro atoms. The van der Waals surface area contributed by atoms with Crippen LogP contribution in [0.4, 0.5) is 0 Å². The number of rotatable bonds is 17.